The largest absolute Gasteiger partial charge is 0.302 e. The zero-order chi connectivity index (χ0) is 10.1. The minimum absolute atomic E-state index is 0.294. The molecule has 2 aliphatic heterocycles. The first-order valence-electron chi connectivity index (χ1n) is 5.73. The number of carbonyl (C=O) groups is 1. The smallest absolute Gasteiger partial charge is 0.144 e. The van der Waals surface area contributed by atoms with Gasteiger partial charge in [0, 0.05) is 38.0 Å². The van der Waals surface area contributed by atoms with Crippen molar-refractivity contribution in [2.45, 2.75) is 13.8 Å². The van der Waals surface area contributed by atoms with E-state index in [1.807, 2.05) is 0 Å². The molecule has 3 nitrogen and oxygen atoms in total. The number of Topliss-reactive ketones (excluding diaryl/α,β-unsaturated/α-hetero) is 1. The van der Waals surface area contributed by atoms with Gasteiger partial charge < -0.3 is 9.80 Å². The maximum absolute atomic E-state index is 11.9. The lowest BCUT2D eigenvalue weighted by molar-refractivity contribution is -0.137. The van der Waals surface area contributed by atoms with Crippen LogP contribution in [0.15, 0.2) is 0 Å². The third-order valence-electron chi connectivity index (χ3n) is 3.61. The van der Waals surface area contributed by atoms with Gasteiger partial charge in [-0.05, 0) is 13.1 Å². The van der Waals surface area contributed by atoms with E-state index in [1.165, 1.54) is 0 Å². The number of likely N-dealkylation sites (tertiary alicyclic amines) is 2. The zero-order valence-electron chi connectivity index (χ0n) is 9.20. The zero-order valence-corrected chi connectivity index (χ0v) is 9.20. The van der Waals surface area contributed by atoms with Crippen molar-refractivity contribution in [1.29, 1.82) is 0 Å². The molecule has 0 radical (unpaired) electrons. The highest BCUT2D eigenvalue weighted by atomic mass is 16.1. The molecule has 0 atom stereocenters. The van der Waals surface area contributed by atoms with Gasteiger partial charge in [0.2, 0.25) is 0 Å². The van der Waals surface area contributed by atoms with Crippen LogP contribution in [-0.4, -0.2) is 54.9 Å². The van der Waals surface area contributed by atoms with Crippen LogP contribution in [0.4, 0.5) is 0 Å². The van der Waals surface area contributed by atoms with Crippen LogP contribution >= 0.6 is 0 Å². The summed E-state index contributed by atoms with van der Waals surface area (Å²) >= 11 is 0. The monoisotopic (exact) mass is 196 g/mol. The number of carbonyl (C=O) groups excluding carboxylic acids is 1. The molecule has 0 aromatic heterocycles. The maximum atomic E-state index is 11.9. The molecule has 2 saturated heterocycles. The number of rotatable bonds is 2. The molecule has 0 saturated carbocycles. The van der Waals surface area contributed by atoms with Crippen LogP contribution in [0.2, 0.25) is 0 Å². The van der Waals surface area contributed by atoms with Gasteiger partial charge in [-0.3, -0.25) is 4.79 Å². The number of piperidine rings is 2. The molecule has 0 aromatic carbocycles. The van der Waals surface area contributed by atoms with Gasteiger partial charge in [0.05, 0.1) is 0 Å². The van der Waals surface area contributed by atoms with Crippen LogP contribution in [0.3, 0.4) is 0 Å². The van der Waals surface area contributed by atoms with Crippen molar-refractivity contribution < 1.29 is 4.79 Å². The number of fused-ring (bicyclic) bond motifs is 2. The van der Waals surface area contributed by atoms with E-state index in [0.29, 0.717) is 17.6 Å². The van der Waals surface area contributed by atoms with Crippen molar-refractivity contribution in [3.8, 4) is 0 Å². The minimum Gasteiger partial charge on any atom is -0.302 e. The number of hydrogen-bond donors (Lipinski definition) is 0. The van der Waals surface area contributed by atoms with E-state index in [9.17, 15) is 4.79 Å². The SMILES string of the molecule is CCN1CC2CN(CC)CC(C1)C2=O. The lowest BCUT2D eigenvalue weighted by Gasteiger charge is -2.44. The number of nitrogens with zero attached hydrogens (tertiary/aromatic N) is 2. The Morgan fingerprint density at radius 2 is 1.36 bits per heavy atom. The molecule has 0 amide bonds. The minimum atomic E-state index is 0.294. The standard InChI is InChI=1S/C11H20N2O/c1-3-12-5-9-7-13(4-2)8-10(6-12)11(9)14/h9-10H,3-8H2,1-2H3. The molecule has 3 heteroatoms. The van der Waals surface area contributed by atoms with Crippen LogP contribution in [0.5, 0.6) is 0 Å². The Kier molecular flexibility index (Phi) is 2.88. The van der Waals surface area contributed by atoms with Gasteiger partial charge in [-0.1, -0.05) is 13.8 Å². The van der Waals surface area contributed by atoms with Crippen LogP contribution in [-0.2, 0) is 4.79 Å². The Hall–Kier alpha value is -0.410. The van der Waals surface area contributed by atoms with Crippen LogP contribution in [0, 0.1) is 11.8 Å². The summed E-state index contributed by atoms with van der Waals surface area (Å²) in [4.78, 5) is 16.7. The fraction of sp³-hybridized carbons (Fsp3) is 0.909. The molecule has 0 spiro atoms. The molecule has 0 aromatic rings. The Labute approximate surface area is 86.1 Å². The average molecular weight is 196 g/mol. The Morgan fingerprint density at radius 1 is 1.00 bits per heavy atom. The molecular formula is C11H20N2O. The van der Waals surface area contributed by atoms with E-state index >= 15 is 0 Å². The summed E-state index contributed by atoms with van der Waals surface area (Å²) in [6.45, 7) is 10.5. The van der Waals surface area contributed by atoms with Gasteiger partial charge >= 0.3 is 0 Å². The second kappa shape index (κ2) is 3.99. The van der Waals surface area contributed by atoms with Crippen molar-refractivity contribution in [3.63, 3.8) is 0 Å². The molecule has 14 heavy (non-hydrogen) atoms. The molecular weight excluding hydrogens is 176 g/mol. The summed E-state index contributed by atoms with van der Waals surface area (Å²) < 4.78 is 0. The molecule has 2 rings (SSSR count). The predicted molar refractivity (Wildman–Crippen MR) is 56.2 cm³/mol. The number of ketones is 1. The average Bonchev–Trinajstić information content (AvgIpc) is 2.17. The Balaban J connectivity index is 2.06. The summed E-state index contributed by atoms with van der Waals surface area (Å²) in [6.07, 6.45) is 0. The molecule has 2 heterocycles. The second-order valence-corrected chi connectivity index (χ2v) is 4.50. The number of hydrogen-bond acceptors (Lipinski definition) is 3. The van der Waals surface area contributed by atoms with E-state index in [1.54, 1.807) is 0 Å². The molecule has 80 valence electrons. The van der Waals surface area contributed by atoms with E-state index in [2.05, 4.69) is 23.6 Å². The van der Waals surface area contributed by atoms with Crippen molar-refractivity contribution in [2.24, 2.45) is 11.8 Å². The van der Waals surface area contributed by atoms with Crippen LogP contribution in [0.1, 0.15) is 13.8 Å². The van der Waals surface area contributed by atoms with Crippen molar-refractivity contribution in [2.75, 3.05) is 39.3 Å². The fourth-order valence-corrected chi connectivity index (χ4v) is 2.72. The molecule has 0 aliphatic carbocycles. The highest BCUT2D eigenvalue weighted by Gasteiger charge is 2.39. The van der Waals surface area contributed by atoms with E-state index < -0.39 is 0 Å². The molecule has 0 unspecified atom stereocenters. The fourth-order valence-electron chi connectivity index (χ4n) is 2.72. The third-order valence-corrected chi connectivity index (χ3v) is 3.61. The van der Waals surface area contributed by atoms with Crippen molar-refractivity contribution in [3.05, 3.63) is 0 Å². The van der Waals surface area contributed by atoms with Gasteiger partial charge in [0.15, 0.2) is 0 Å². The van der Waals surface area contributed by atoms with E-state index in [4.69, 9.17) is 0 Å². The lowest BCUT2D eigenvalue weighted by Crippen LogP contribution is -2.57. The lowest BCUT2D eigenvalue weighted by atomic mass is 9.83. The Bertz CT molecular complexity index is 195. The van der Waals surface area contributed by atoms with Crippen LogP contribution < -0.4 is 0 Å². The Morgan fingerprint density at radius 3 is 1.64 bits per heavy atom. The summed E-state index contributed by atoms with van der Waals surface area (Å²) in [5.41, 5.74) is 0. The van der Waals surface area contributed by atoms with Gasteiger partial charge in [-0.2, -0.15) is 0 Å². The summed E-state index contributed by atoms with van der Waals surface area (Å²) in [5.74, 6) is 1.11. The topological polar surface area (TPSA) is 23.6 Å². The van der Waals surface area contributed by atoms with Gasteiger partial charge in [-0.15, -0.1) is 0 Å². The van der Waals surface area contributed by atoms with Gasteiger partial charge in [0.25, 0.3) is 0 Å². The van der Waals surface area contributed by atoms with E-state index in [-0.39, 0.29) is 0 Å². The summed E-state index contributed by atoms with van der Waals surface area (Å²) in [7, 11) is 0. The third kappa shape index (κ3) is 1.71. The van der Waals surface area contributed by atoms with Gasteiger partial charge in [0.1, 0.15) is 5.78 Å². The van der Waals surface area contributed by atoms with Gasteiger partial charge in [-0.25, -0.2) is 0 Å². The first-order chi connectivity index (χ1) is 6.74. The first kappa shape index (κ1) is 10.1. The van der Waals surface area contributed by atoms with E-state index in [0.717, 1.165) is 39.3 Å². The second-order valence-electron chi connectivity index (χ2n) is 4.50. The molecule has 2 aliphatic rings. The molecule has 2 fully saturated rings. The molecule has 2 bridgehead atoms. The summed E-state index contributed by atoms with van der Waals surface area (Å²) in [6, 6.07) is 0. The van der Waals surface area contributed by atoms with Crippen LogP contribution in [0.25, 0.3) is 0 Å². The highest BCUT2D eigenvalue weighted by molar-refractivity contribution is 5.85. The maximum Gasteiger partial charge on any atom is 0.144 e. The summed E-state index contributed by atoms with van der Waals surface area (Å²) in [5, 5.41) is 0. The quantitative estimate of drug-likeness (QED) is 0.641. The van der Waals surface area contributed by atoms with Crippen molar-refractivity contribution >= 4 is 5.78 Å². The molecule has 0 N–H and O–H groups in total. The highest BCUT2D eigenvalue weighted by Crippen LogP contribution is 2.24. The normalized spacial score (nSPS) is 34.9. The van der Waals surface area contributed by atoms with Crippen molar-refractivity contribution in [1.82, 2.24) is 9.80 Å². The first-order valence-corrected chi connectivity index (χ1v) is 5.73. The predicted octanol–water partition coefficient (Wildman–Crippen LogP) is 0.459.